The van der Waals surface area contributed by atoms with Crippen molar-refractivity contribution >= 4 is 21.4 Å². The van der Waals surface area contributed by atoms with Gasteiger partial charge in [0.1, 0.15) is 0 Å². The number of pyridine rings is 1. The van der Waals surface area contributed by atoms with Crippen molar-refractivity contribution in [3.05, 3.63) is 57.7 Å². The van der Waals surface area contributed by atoms with Crippen LogP contribution in [0.25, 0.3) is 21.3 Å². The van der Waals surface area contributed by atoms with Gasteiger partial charge >= 0.3 is 0 Å². The van der Waals surface area contributed by atoms with E-state index < -0.39 is 0 Å². The van der Waals surface area contributed by atoms with Gasteiger partial charge in [-0.2, -0.15) is 0 Å². The van der Waals surface area contributed by atoms with Crippen LogP contribution < -0.4 is 5.56 Å². The number of nitrogens with one attached hydrogen (secondary N) is 1. The van der Waals surface area contributed by atoms with E-state index >= 15 is 0 Å². The Morgan fingerprint density at radius 3 is 2.89 bits per heavy atom. The van der Waals surface area contributed by atoms with Crippen molar-refractivity contribution in [3.63, 3.8) is 0 Å². The summed E-state index contributed by atoms with van der Waals surface area (Å²) in [5, 5.41) is 3.31. The van der Waals surface area contributed by atoms with E-state index in [1.165, 1.54) is 15.6 Å². The number of aromatic amines is 1. The lowest BCUT2D eigenvalue weighted by Crippen LogP contribution is -2.06. The Hall–Kier alpha value is -1.87. The minimum Gasteiger partial charge on any atom is -0.322 e. The highest BCUT2D eigenvalue weighted by Gasteiger charge is 2.06. The molecule has 18 heavy (non-hydrogen) atoms. The van der Waals surface area contributed by atoms with Crippen molar-refractivity contribution in [1.29, 1.82) is 0 Å². The summed E-state index contributed by atoms with van der Waals surface area (Å²) < 4.78 is 1.27. The maximum atomic E-state index is 11.5. The first-order valence-corrected chi connectivity index (χ1v) is 6.85. The molecular formula is C15H13NOS. The van der Waals surface area contributed by atoms with Crippen molar-refractivity contribution in [2.45, 2.75) is 13.3 Å². The normalized spacial score (nSPS) is 10.9. The highest BCUT2D eigenvalue weighted by Crippen LogP contribution is 2.27. The lowest BCUT2D eigenvalue weighted by molar-refractivity contribution is 1.09. The maximum Gasteiger partial charge on any atom is 0.248 e. The summed E-state index contributed by atoms with van der Waals surface area (Å²) in [6.45, 7) is 2.10. The Bertz CT molecular complexity index is 754. The fourth-order valence-corrected chi connectivity index (χ4v) is 2.95. The van der Waals surface area contributed by atoms with Gasteiger partial charge in [-0.05, 0) is 46.5 Å². The number of fused-ring (bicyclic) bond motifs is 1. The zero-order chi connectivity index (χ0) is 12.5. The third-order valence-electron chi connectivity index (χ3n) is 3.13. The van der Waals surface area contributed by atoms with Crippen LogP contribution in [0.5, 0.6) is 0 Å². The molecule has 0 saturated carbocycles. The quantitative estimate of drug-likeness (QED) is 0.742. The molecule has 1 N–H and O–H groups in total. The lowest BCUT2D eigenvalue weighted by atomic mass is 10.0. The zero-order valence-electron chi connectivity index (χ0n) is 10.1. The predicted octanol–water partition coefficient (Wildman–Crippen LogP) is 3.82. The molecule has 0 atom stereocenters. The highest BCUT2D eigenvalue weighted by molar-refractivity contribution is 7.17. The molecule has 1 aromatic carbocycles. The molecule has 0 aliphatic heterocycles. The molecule has 2 nitrogen and oxygen atoms in total. The Labute approximate surface area is 109 Å². The van der Waals surface area contributed by atoms with Crippen LogP contribution in [0.1, 0.15) is 12.5 Å². The number of H-pyrrole nitrogens is 1. The van der Waals surface area contributed by atoms with E-state index in [-0.39, 0.29) is 5.56 Å². The predicted molar refractivity (Wildman–Crippen MR) is 77.3 cm³/mol. The first kappa shape index (κ1) is 11.2. The maximum absolute atomic E-state index is 11.5. The second-order valence-corrected chi connectivity index (χ2v) is 5.20. The molecule has 0 fully saturated rings. The summed E-state index contributed by atoms with van der Waals surface area (Å²) in [4.78, 5) is 14.4. The van der Waals surface area contributed by atoms with Crippen LogP contribution in [0.2, 0.25) is 0 Å². The third kappa shape index (κ3) is 1.87. The number of benzene rings is 1. The number of thiophene rings is 1. The summed E-state index contributed by atoms with van der Waals surface area (Å²) in [6, 6.07) is 11.9. The number of aromatic nitrogens is 1. The molecule has 2 aromatic heterocycles. The molecule has 0 bridgehead atoms. The van der Waals surface area contributed by atoms with Crippen LogP contribution in [0.4, 0.5) is 0 Å². The summed E-state index contributed by atoms with van der Waals surface area (Å²) in [7, 11) is 0. The molecule has 0 radical (unpaired) electrons. The van der Waals surface area contributed by atoms with Crippen LogP contribution in [-0.2, 0) is 6.42 Å². The van der Waals surface area contributed by atoms with Crippen LogP contribution in [0.3, 0.4) is 0 Å². The minimum atomic E-state index is -0.0485. The monoisotopic (exact) mass is 255 g/mol. The van der Waals surface area contributed by atoms with E-state index in [4.69, 9.17) is 0 Å². The molecule has 90 valence electrons. The molecule has 0 aliphatic rings. The number of rotatable bonds is 2. The van der Waals surface area contributed by atoms with Gasteiger partial charge in [-0.1, -0.05) is 19.1 Å². The molecule has 0 aliphatic carbocycles. The molecule has 2 heterocycles. The zero-order valence-corrected chi connectivity index (χ0v) is 10.9. The minimum absolute atomic E-state index is 0.0485. The van der Waals surface area contributed by atoms with Crippen molar-refractivity contribution in [2.24, 2.45) is 0 Å². The second kappa shape index (κ2) is 4.42. The summed E-state index contributed by atoms with van der Waals surface area (Å²) >= 11 is 1.73. The molecular weight excluding hydrogens is 242 g/mol. The van der Waals surface area contributed by atoms with Crippen LogP contribution in [-0.4, -0.2) is 4.98 Å². The number of hydrogen-bond acceptors (Lipinski definition) is 2. The van der Waals surface area contributed by atoms with Gasteiger partial charge in [0.2, 0.25) is 5.56 Å². The van der Waals surface area contributed by atoms with E-state index in [0.717, 1.165) is 17.7 Å². The molecule has 3 rings (SSSR count). The average molecular weight is 255 g/mol. The van der Waals surface area contributed by atoms with Gasteiger partial charge < -0.3 is 4.98 Å². The fourth-order valence-electron chi connectivity index (χ4n) is 2.18. The summed E-state index contributed by atoms with van der Waals surface area (Å²) in [6.07, 6.45) is 0.911. The van der Waals surface area contributed by atoms with E-state index in [0.29, 0.717) is 0 Å². The van der Waals surface area contributed by atoms with Crippen molar-refractivity contribution in [1.82, 2.24) is 4.98 Å². The molecule has 3 aromatic rings. The van der Waals surface area contributed by atoms with Gasteiger partial charge in [-0.3, -0.25) is 4.79 Å². The number of hydrogen-bond donors (Lipinski definition) is 1. The number of aryl methyl sites for hydroxylation is 1. The smallest absolute Gasteiger partial charge is 0.248 e. The van der Waals surface area contributed by atoms with Gasteiger partial charge in [0.25, 0.3) is 0 Å². The van der Waals surface area contributed by atoms with Crippen LogP contribution >= 0.6 is 11.3 Å². The highest BCUT2D eigenvalue weighted by atomic mass is 32.1. The van der Waals surface area contributed by atoms with Crippen LogP contribution in [0, 0.1) is 0 Å². The van der Waals surface area contributed by atoms with Gasteiger partial charge in [0.15, 0.2) is 0 Å². The van der Waals surface area contributed by atoms with Crippen LogP contribution in [0.15, 0.2) is 46.6 Å². The first-order valence-electron chi connectivity index (χ1n) is 5.98. The topological polar surface area (TPSA) is 32.9 Å². The Balaban J connectivity index is 2.24. The lowest BCUT2D eigenvalue weighted by Gasteiger charge is -2.07. The standard InChI is InChI=1S/C15H13NOS/c1-2-10-4-6-14(17)16-15(10)12-3-5-13-11(9-12)7-8-18-13/h3-9H,2H2,1H3,(H,16,17). The van der Waals surface area contributed by atoms with Crippen molar-refractivity contribution < 1.29 is 0 Å². The first-order chi connectivity index (χ1) is 8.78. The van der Waals surface area contributed by atoms with Gasteiger partial charge in [0, 0.05) is 10.8 Å². The molecule has 0 spiro atoms. The Kier molecular flexibility index (Phi) is 2.76. The van der Waals surface area contributed by atoms with Gasteiger partial charge in [0.05, 0.1) is 5.69 Å². The Morgan fingerprint density at radius 2 is 2.06 bits per heavy atom. The van der Waals surface area contributed by atoms with E-state index in [2.05, 4.69) is 41.6 Å². The Morgan fingerprint density at radius 1 is 1.17 bits per heavy atom. The molecule has 3 heteroatoms. The van der Waals surface area contributed by atoms with E-state index in [1.807, 2.05) is 6.07 Å². The van der Waals surface area contributed by atoms with Gasteiger partial charge in [-0.25, -0.2) is 0 Å². The van der Waals surface area contributed by atoms with E-state index in [1.54, 1.807) is 17.4 Å². The van der Waals surface area contributed by atoms with Gasteiger partial charge in [-0.15, -0.1) is 11.3 Å². The fraction of sp³-hybridized carbons (Fsp3) is 0.133. The second-order valence-electron chi connectivity index (χ2n) is 4.25. The third-order valence-corrected chi connectivity index (χ3v) is 4.03. The molecule has 0 unspecified atom stereocenters. The molecule has 0 saturated heterocycles. The van der Waals surface area contributed by atoms with Crippen molar-refractivity contribution in [3.8, 4) is 11.3 Å². The SMILES string of the molecule is CCc1ccc(=O)[nH]c1-c1ccc2sccc2c1. The van der Waals surface area contributed by atoms with E-state index in [9.17, 15) is 4.79 Å². The largest absolute Gasteiger partial charge is 0.322 e. The summed E-state index contributed by atoms with van der Waals surface area (Å²) in [5.74, 6) is 0. The van der Waals surface area contributed by atoms with Crippen molar-refractivity contribution in [2.75, 3.05) is 0 Å². The summed E-state index contributed by atoms with van der Waals surface area (Å²) in [5.41, 5.74) is 3.14. The molecule has 0 amide bonds. The average Bonchev–Trinajstić information content (AvgIpc) is 2.85.